The standard InChI is InChI=1S/C9H14N2O/c10-6-8-5-9(12-11-8)7-3-1-2-4-7/h5,7H,1-4,6,10H2. The molecule has 2 rings (SSSR count). The summed E-state index contributed by atoms with van der Waals surface area (Å²) >= 11 is 0. The zero-order valence-electron chi connectivity index (χ0n) is 7.12. The molecule has 1 saturated carbocycles. The van der Waals surface area contributed by atoms with Gasteiger partial charge in [-0.1, -0.05) is 18.0 Å². The molecule has 1 heterocycles. The van der Waals surface area contributed by atoms with Crippen molar-refractivity contribution in [3.05, 3.63) is 17.5 Å². The Labute approximate surface area is 71.9 Å². The lowest BCUT2D eigenvalue weighted by Crippen LogP contribution is -1.95. The molecule has 1 aromatic heterocycles. The van der Waals surface area contributed by atoms with E-state index in [4.69, 9.17) is 10.3 Å². The molecule has 0 unspecified atom stereocenters. The number of hydrogen-bond donors (Lipinski definition) is 1. The van der Waals surface area contributed by atoms with Gasteiger partial charge in [0.15, 0.2) is 0 Å². The van der Waals surface area contributed by atoms with Gasteiger partial charge in [0.1, 0.15) is 5.76 Å². The molecule has 1 aliphatic carbocycles. The second-order valence-corrected chi connectivity index (χ2v) is 3.41. The molecule has 66 valence electrons. The van der Waals surface area contributed by atoms with E-state index in [9.17, 15) is 0 Å². The molecule has 1 aromatic rings. The molecule has 0 radical (unpaired) electrons. The van der Waals surface area contributed by atoms with Crippen LogP contribution in [0.4, 0.5) is 0 Å². The van der Waals surface area contributed by atoms with E-state index in [1.54, 1.807) is 0 Å². The van der Waals surface area contributed by atoms with E-state index >= 15 is 0 Å². The Morgan fingerprint density at radius 3 is 2.83 bits per heavy atom. The number of rotatable bonds is 2. The molecule has 0 atom stereocenters. The van der Waals surface area contributed by atoms with Crippen molar-refractivity contribution in [2.75, 3.05) is 0 Å². The Kier molecular flexibility index (Phi) is 2.13. The molecule has 0 saturated heterocycles. The van der Waals surface area contributed by atoms with Gasteiger partial charge >= 0.3 is 0 Å². The average molecular weight is 166 g/mol. The third kappa shape index (κ3) is 1.37. The van der Waals surface area contributed by atoms with Crippen molar-refractivity contribution in [2.24, 2.45) is 5.73 Å². The van der Waals surface area contributed by atoms with E-state index in [-0.39, 0.29) is 0 Å². The molecule has 0 aromatic carbocycles. The maximum absolute atomic E-state index is 5.44. The van der Waals surface area contributed by atoms with Gasteiger partial charge in [-0.25, -0.2) is 0 Å². The molecule has 2 N–H and O–H groups in total. The van der Waals surface area contributed by atoms with Crippen molar-refractivity contribution in [1.82, 2.24) is 5.16 Å². The quantitative estimate of drug-likeness (QED) is 0.728. The Hall–Kier alpha value is -0.830. The highest BCUT2D eigenvalue weighted by Crippen LogP contribution is 2.34. The summed E-state index contributed by atoms with van der Waals surface area (Å²) < 4.78 is 5.21. The summed E-state index contributed by atoms with van der Waals surface area (Å²) in [6.07, 6.45) is 5.14. The van der Waals surface area contributed by atoms with Gasteiger partial charge in [-0.15, -0.1) is 0 Å². The minimum absolute atomic E-state index is 0.482. The largest absolute Gasteiger partial charge is 0.361 e. The van der Waals surface area contributed by atoms with Crippen LogP contribution in [0.1, 0.15) is 43.1 Å². The van der Waals surface area contributed by atoms with Crippen molar-refractivity contribution in [1.29, 1.82) is 0 Å². The number of hydrogen-bond acceptors (Lipinski definition) is 3. The minimum atomic E-state index is 0.482. The summed E-state index contributed by atoms with van der Waals surface area (Å²) in [7, 11) is 0. The Bertz CT molecular complexity index is 251. The number of nitrogens with two attached hydrogens (primary N) is 1. The molecule has 0 aliphatic heterocycles. The Balaban J connectivity index is 2.11. The SMILES string of the molecule is NCc1cc(C2CCCC2)on1. The van der Waals surface area contributed by atoms with E-state index in [1.165, 1.54) is 25.7 Å². The summed E-state index contributed by atoms with van der Waals surface area (Å²) in [6.45, 7) is 0.482. The highest BCUT2D eigenvalue weighted by Gasteiger charge is 2.20. The molecule has 3 nitrogen and oxygen atoms in total. The minimum Gasteiger partial charge on any atom is -0.361 e. The van der Waals surface area contributed by atoms with Gasteiger partial charge in [0.25, 0.3) is 0 Å². The van der Waals surface area contributed by atoms with Crippen LogP contribution < -0.4 is 5.73 Å². The molecule has 0 bridgehead atoms. The maximum Gasteiger partial charge on any atom is 0.140 e. The van der Waals surface area contributed by atoms with Crippen LogP contribution in [-0.2, 0) is 6.54 Å². The van der Waals surface area contributed by atoms with Crippen LogP contribution >= 0.6 is 0 Å². The maximum atomic E-state index is 5.44. The zero-order valence-corrected chi connectivity index (χ0v) is 7.12. The van der Waals surface area contributed by atoms with Gasteiger partial charge in [-0.05, 0) is 12.8 Å². The fourth-order valence-electron chi connectivity index (χ4n) is 1.83. The van der Waals surface area contributed by atoms with Gasteiger partial charge < -0.3 is 10.3 Å². The van der Waals surface area contributed by atoms with Gasteiger partial charge in [0, 0.05) is 18.5 Å². The van der Waals surface area contributed by atoms with Crippen LogP contribution in [-0.4, -0.2) is 5.16 Å². The Morgan fingerprint density at radius 1 is 1.50 bits per heavy atom. The molecule has 1 fully saturated rings. The van der Waals surface area contributed by atoms with Crippen LogP contribution in [0.5, 0.6) is 0 Å². The first kappa shape index (κ1) is 7.80. The third-order valence-corrected chi connectivity index (χ3v) is 2.54. The average Bonchev–Trinajstić information content (AvgIpc) is 2.75. The van der Waals surface area contributed by atoms with Gasteiger partial charge in [-0.2, -0.15) is 0 Å². The highest BCUT2D eigenvalue weighted by molar-refractivity contribution is 5.10. The van der Waals surface area contributed by atoms with Crippen molar-refractivity contribution in [2.45, 2.75) is 38.1 Å². The lowest BCUT2D eigenvalue weighted by molar-refractivity contribution is 0.356. The molecule has 0 spiro atoms. The van der Waals surface area contributed by atoms with E-state index in [0.717, 1.165) is 11.5 Å². The topological polar surface area (TPSA) is 52.0 Å². The summed E-state index contributed by atoms with van der Waals surface area (Å²) in [5.74, 6) is 1.64. The number of aromatic nitrogens is 1. The second-order valence-electron chi connectivity index (χ2n) is 3.41. The van der Waals surface area contributed by atoms with Gasteiger partial charge in [0.05, 0.1) is 5.69 Å². The van der Waals surface area contributed by atoms with E-state index in [2.05, 4.69) is 5.16 Å². The monoisotopic (exact) mass is 166 g/mol. The van der Waals surface area contributed by atoms with Crippen molar-refractivity contribution >= 4 is 0 Å². The lowest BCUT2D eigenvalue weighted by Gasteiger charge is -2.00. The first-order chi connectivity index (χ1) is 5.90. The predicted octanol–water partition coefficient (Wildman–Crippen LogP) is 1.79. The van der Waals surface area contributed by atoms with Crippen LogP contribution in [0, 0.1) is 0 Å². The first-order valence-electron chi connectivity index (χ1n) is 4.55. The van der Waals surface area contributed by atoms with Crippen molar-refractivity contribution in [3.63, 3.8) is 0 Å². The second kappa shape index (κ2) is 3.27. The summed E-state index contributed by atoms with van der Waals surface area (Å²) in [6, 6.07) is 2.00. The van der Waals surface area contributed by atoms with Crippen molar-refractivity contribution in [3.8, 4) is 0 Å². The fourth-order valence-corrected chi connectivity index (χ4v) is 1.83. The van der Waals surface area contributed by atoms with Crippen LogP contribution in [0.3, 0.4) is 0 Å². The first-order valence-corrected chi connectivity index (χ1v) is 4.55. The van der Waals surface area contributed by atoms with Crippen LogP contribution in [0.15, 0.2) is 10.6 Å². The summed E-state index contributed by atoms with van der Waals surface area (Å²) in [5.41, 5.74) is 6.31. The Morgan fingerprint density at radius 2 is 2.25 bits per heavy atom. The van der Waals surface area contributed by atoms with Gasteiger partial charge in [-0.3, -0.25) is 0 Å². The molecule has 12 heavy (non-hydrogen) atoms. The smallest absolute Gasteiger partial charge is 0.140 e. The van der Waals surface area contributed by atoms with E-state index in [1.807, 2.05) is 6.07 Å². The van der Waals surface area contributed by atoms with E-state index < -0.39 is 0 Å². The van der Waals surface area contributed by atoms with E-state index in [0.29, 0.717) is 12.5 Å². The fraction of sp³-hybridized carbons (Fsp3) is 0.667. The third-order valence-electron chi connectivity index (χ3n) is 2.54. The lowest BCUT2D eigenvalue weighted by atomic mass is 10.1. The normalized spacial score (nSPS) is 18.8. The predicted molar refractivity (Wildman–Crippen MR) is 45.6 cm³/mol. The number of nitrogens with zero attached hydrogens (tertiary/aromatic N) is 1. The summed E-state index contributed by atoms with van der Waals surface area (Å²) in [5, 5.41) is 3.88. The van der Waals surface area contributed by atoms with Crippen molar-refractivity contribution < 1.29 is 4.52 Å². The summed E-state index contributed by atoms with van der Waals surface area (Å²) in [4.78, 5) is 0. The molecule has 0 amide bonds. The molecule has 1 aliphatic rings. The molecular weight excluding hydrogens is 152 g/mol. The van der Waals surface area contributed by atoms with Crippen LogP contribution in [0.25, 0.3) is 0 Å². The zero-order chi connectivity index (χ0) is 8.39. The highest BCUT2D eigenvalue weighted by atomic mass is 16.5. The molecular formula is C9H14N2O. The molecule has 3 heteroatoms. The van der Waals surface area contributed by atoms with Crippen LogP contribution in [0.2, 0.25) is 0 Å². The van der Waals surface area contributed by atoms with Gasteiger partial charge in [0.2, 0.25) is 0 Å².